The molecule has 34 heavy (non-hydrogen) atoms. The third-order valence-corrected chi connectivity index (χ3v) is 6.33. The Morgan fingerprint density at radius 2 is 1.82 bits per heavy atom. The average molecular weight is 569 g/mol. The number of rotatable bonds is 9. The third-order valence-electron chi connectivity index (χ3n) is 4.49. The van der Waals surface area contributed by atoms with E-state index in [0.29, 0.717) is 39.8 Å². The SMILES string of the molecule is CCOc1cc(/C=C2/SC(=O)N(CC(=O)OC(C)C)C2=O)c(Br)cc1OCc1ccc(Cl)cc1. The summed E-state index contributed by atoms with van der Waals surface area (Å²) in [5, 5.41) is 0.119. The summed E-state index contributed by atoms with van der Waals surface area (Å²) >= 11 is 10.2. The molecule has 2 aromatic rings. The Hall–Kier alpha value is -2.49. The maximum atomic E-state index is 12.7. The summed E-state index contributed by atoms with van der Waals surface area (Å²) < 4.78 is 17.4. The van der Waals surface area contributed by atoms with E-state index in [1.54, 1.807) is 44.2 Å². The molecule has 1 heterocycles. The molecule has 2 amide bonds. The molecular weight excluding hydrogens is 546 g/mol. The van der Waals surface area contributed by atoms with E-state index in [-0.39, 0.29) is 11.0 Å². The van der Waals surface area contributed by atoms with Crippen LogP contribution in [0.2, 0.25) is 5.02 Å². The van der Waals surface area contributed by atoms with Crippen molar-refractivity contribution in [2.24, 2.45) is 0 Å². The third kappa shape index (κ3) is 6.77. The van der Waals surface area contributed by atoms with Gasteiger partial charge in [0.2, 0.25) is 0 Å². The summed E-state index contributed by atoms with van der Waals surface area (Å²) in [4.78, 5) is 38.0. The van der Waals surface area contributed by atoms with Crippen LogP contribution in [0.5, 0.6) is 11.5 Å². The molecule has 1 aliphatic heterocycles. The van der Waals surface area contributed by atoms with Crippen molar-refractivity contribution in [2.75, 3.05) is 13.2 Å². The topological polar surface area (TPSA) is 82.1 Å². The molecule has 0 radical (unpaired) electrons. The second-order valence-corrected chi connectivity index (χ2v) is 9.76. The van der Waals surface area contributed by atoms with Gasteiger partial charge in [-0.1, -0.05) is 39.7 Å². The molecule has 0 N–H and O–H groups in total. The van der Waals surface area contributed by atoms with Crippen LogP contribution in [0, 0.1) is 0 Å². The van der Waals surface area contributed by atoms with E-state index in [1.807, 2.05) is 19.1 Å². The highest BCUT2D eigenvalue weighted by Gasteiger charge is 2.37. The van der Waals surface area contributed by atoms with E-state index in [2.05, 4.69) is 15.9 Å². The molecule has 0 spiro atoms. The van der Waals surface area contributed by atoms with E-state index < -0.39 is 23.7 Å². The number of hydrogen-bond acceptors (Lipinski definition) is 7. The standard InChI is InChI=1S/C24H23BrClNO6S/c1-4-31-19-9-16(18(25)11-20(19)32-13-15-5-7-17(26)8-6-15)10-21-23(29)27(24(30)34-21)12-22(28)33-14(2)3/h5-11,14H,4,12-13H2,1-3H3/b21-10+. The summed E-state index contributed by atoms with van der Waals surface area (Å²) in [7, 11) is 0. The van der Waals surface area contributed by atoms with Gasteiger partial charge < -0.3 is 14.2 Å². The van der Waals surface area contributed by atoms with Crippen molar-refractivity contribution in [2.45, 2.75) is 33.5 Å². The zero-order chi connectivity index (χ0) is 24.8. The highest BCUT2D eigenvalue weighted by molar-refractivity contribution is 9.10. The van der Waals surface area contributed by atoms with E-state index >= 15 is 0 Å². The number of carbonyl (C=O) groups is 3. The van der Waals surface area contributed by atoms with Gasteiger partial charge in [-0.15, -0.1) is 0 Å². The molecule has 3 rings (SSSR count). The minimum atomic E-state index is -0.638. The Morgan fingerprint density at radius 1 is 1.15 bits per heavy atom. The fraction of sp³-hybridized carbons (Fsp3) is 0.292. The Morgan fingerprint density at radius 3 is 2.47 bits per heavy atom. The van der Waals surface area contributed by atoms with Crippen molar-refractivity contribution in [3.05, 3.63) is 61.9 Å². The molecular formula is C24H23BrClNO6S. The zero-order valence-electron chi connectivity index (χ0n) is 18.8. The number of halogens is 2. The average Bonchev–Trinajstić information content (AvgIpc) is 3.03. The van der Waals surface area contributed by atoms with Gasteiger partial charge in [-0.3, -0.25) is 19.3 Å². The Bertz CT molecular complexity index is 1120. The zero-order valence-corrected chi connectivity index (χ0v) is 22.0. The molecule has 2 aromatic carbocycles. The number of benzene rings is 2. The molecule has 180 valence electrons. The number of esters is 1. The van der Waals surface area contributed by atoms with Crippen molar-refractivity contribution in [3.8, 4) is 11.5 Å². The molecule has 1 fully saturated rings. The molecule has 10 heteroatoms. The quantitative estimate of drug-likeness (QED) is 0.268. The van der Waals surface area contributed by atoms with Crippen molar-refractivity contribution < 1.29 is 28.6 Å². The van der Waals surface area contributed by atoms with Gasteiger partial charge in [0.15, 0.2) is 11.5 Å². The van der Waals surface area contributed by atoms with Gasteiger partial charge in [0.25, 0.3) is 11.1 Å². The number of thioether (sulfide) groups is 1. The summed E-state index contributed by atoms with van der Waals surface area (Å²) in [6, 6.07) is 10.8. The van der Waals surface area contributed by atoms with Crippen LogP contribution in [0.4, 0.5) is 4.79 Å². The fourth-order valence-electron chi connectivity index (χ4n) is 2.99. The first-order chi connectivity index (χ1) is 16.2. The Labute approximate surface area is 215 Å². The monoisotopic (exact) mass is 567 g/mol. The lowest BCUT2D eigenvalue weighted by Crippen LogP contribution is -2.35. The van der Waals surface area contributed by atoms with Gasteiger partial charge in [-0.05, 0) is 74.0 Å². The fourth-order valence-corrected chi connectivity index (χ4v) is 4.38. The number of amides is 2. The number of nitrogens with zero attached hydrogens (tertiary/aromatic N) is 1. The van der Waals surface area contributed by atoms with Crippen LogP contribution in [0.25, 0.3) is 6.08 Å². The predicted molar refractivity (Wildman–Crippen MR) is 135 cm³/mol. The molecule has 0 unspecified atom stereocenters. The molecule has 0 aliphatic carbocycles. The van der Waals surface area contributed by atoms with Gasteiger partial charge >= 0.3 is 5.97 Å². The van der Waals surface area contributed by atoms with Crippen LogP contribution < -0.4 is 9.47 Å². The Balaban J connectivity index is 1.80. The minimum absolute atomic E-state index is 0.195. The predicted octanol–water partition coefficient (Wildman–Crippen LogP) is 6.07. The van der Waals surface area contributed by atoms with Gasteiger partial charge in [0.1, 0.15) is 13.2 Å². The maximum absolute atomic E-state index is 12.7. The van der Waals surface area contributed by atoms with Crippen LogP contribution >= 0.6 is 39.3 Å². The number of carbonyl (C=O) groups excluding carboxylic acids is 3. The largest absolute Gasteiger partial charge is 0.490 e. The van der Waals surface area contributed by atoms with Crippen molar-refractivity contribution in [3.63, 3.8) is 0 Å². The maximum Gasteiger partial charge on any atom is 0.326 e. The van der Waals surface area contributed by atoms with Gasteiger partial charge in [-0.25, -0.2) is 0 Å². The van der Waals surface area contributed by atoms with Crippen LogP contribution in [0.15, 0.2) is 45.8 Å². The van der Waals surface area contributed by atoms with Gasteiger partial charge in [0, 0.05) is 9.50 Å². The van der Waals surface area contributed by atoms with Gasteiger partial charge in [-0.2, -0.15) is 0 Å². The lowest BCUT2D eigenvalue weighted by atomic mass is 10.1. The molecule has 0 aromatic heterocycles. The second-order valence-electron chi connectivity index (χ2n) is 7.48. The Kier molecular flexibility index (Phi) is 9.04. The van der Waals surface area contributed by atoms with Crippen LogP contribution in [0.3, 0.4) is 0 Å². The summed E-state index contributed by atoms with van der Waals surface area (Å²) in [5.74, 6) is -0.180. The molecule has 0 saturated carbocycles. The number of imide groups is 1. The first kappa shape index (κ1) is 26.1. The first-order valence-corrected chi connectivity index (χ1v) is 12.4. The smallest absolute Gasteiger partial charge is 0.326 e. The van der Waals surface area contributed by atoms with E-state index in [9.17, 15) is 14.4 Å². The van der Waals surface area contributed by atoms with E-state index in [0.717, 1.165) is 22.2 Å². The summed E-state index contributed by atoms with van der Waals surface area (Å²) in [5.41, 5.74) is 1.56. The van der Waals surface area contributed by atoms with Gasteiger partial charge in [0.05, 0.1) is 17.6 Å². The highest BCUT2D eigenvalue weighted by Crippen LogP contribution is 2.38. The summed E-state index contributed by atoms with van der Waals surface area (Å²) in [6.07, 6.45) is 1.24. The van der Waals surface area contributed by atoms with Crippen LogP contribution in [-0.2, 0) is 20.9 Å². The van der Waals surface area contributed by atoms with E-state index in [4.69, 9.17) is 25.8 Å². The molecule has 0 bridgehead atoms. The lowest BCUT2D eigenvalue weighted by Gasteiger charge is -2.14. The number of ether oxygens (including phenoxy) is 3. The van der Waals surface area contributed by atoms with Crippen molar-refractivity contribution in [1.29, 1.82) is 0 Å². The summed E-state index contributed by atoms with van der Waals surface area (Å²) in [6.45, 7) is 5.54. The van der Waals surface area contributed by atoms with Crippen molar-refractivity contribution >= 4 is 62.5 Å². The van der Waals surface area contributed by atoms with E-state index in [1.165, 1.54) is 0 Å². The lowest BCUT2D eigenvalue weighted by molar-refractivity contribution is -0.149. The minimum Gasteiger partial charge on any atom is -0.490 e. The molecule has 1 aliphatic rings. The van der Waals surface area contributed by atoms with Crippen molar-refractivity contribution in [1.82, 2.24) is 4.90 Å². The first-order valence-electron chi connectivity index (χ1n) is 10.5. The van der Waals surface area contributed by atoms with Crippen LogP contribution in [-0.4, -0.2) is 41.3 Å². The molecule has 7 nitrogen and oxygen atoms in total. The highest BCUT2D eigenvalue weighted by atomic mass is 79.9. The normalized spacial score (nSPS) is 14.8. The molecule has 0 atom stereocenters. The molecule has 1 saturated heterocycles. The van der Waals surface area contributed by atoms with Crippen LogP contribution in [0.1, 0.15) is 31.9 Å². The second kappa shape index (κ2) is 11.8. The number of hydrogen-bond donors (Lipinski definition) is 0.